The van der Waals surface area contributed by atoms with Crippen LogP contribution in [0.25, 0.3) is 68.6 Å². The zero-order valence-electron chi connectivity index (χ0n) is 25.9. The smallest absolute Gasteiger partial charge is 0.154 e. The average Bonchev–Trinajstić information content (AvgIpc) is 3.77. The van der Waals surface area contributed by atoms with Gasteiger partial charge in [-0.15, -0.1) is 0 Å². The second kappa shape index (κ2) is 10.5. The minimum absolute atomic E-state index is 0.468. The summed E-state index contributed by atoms with van der Waals surface area (Å²) in [5.41, 5.74) is 18.6. The highest BCUT2D eigenvalue weighted by Gasteiger charge is 2.20. The first-order valence-corrected chi connectivity index (χ1v) is 14.9. The van der Waals surface area contributed by atoms with E-state index in [9.17, 15) is 4.79 Å². The third-order valence-electron chi connectivity index (χ3n) is 8.58. The van der Waals surface area contributed by atoms with E-state index in [0.29, 0.717) is 17.0 Å². The standard InChI is InChI=1S/C39H34N4O/c1-21-15-23(3)36(24(4)16-21)38-32-9-7-27(40-32)19-28-8-10-33(41-28)39(37-25(5)17-22(2)18-26(37)6)35-14-12-31(43-35)29(20-44)30-11-13-34(38)42-30/h7-20,40-41H,1-6H3. The summed E-state index contributed by atoms with van der Waals surface area (Å²) < 4.78 is 0. The van der Waals surface area contributed by atoms with Gasteiger partial charge < -0.3 is 9.97 Å². The van der Waals surface area contributed by atoms with Crippen molar-refractivity contribution in [2.45, 2.75) is 41.5 Å². The van der Waals surface area contributed by atoms with Crippen molar-refractivity contribution in [1.29, 1.82) is 0 Å². The number of carbonyl (C=O) groups excluding carboxylic acids is 1. The number of aromatic amines is 2. The third-order valence-corrected chi connectivity index (χ3v) is 8.58. The highest BCUT2D eigenvalue weighted by Crippen LogP contribution is 2.37. The van der Waals surface area contributed by atoms with Gasteiger partial charge in [0.1, 0.15) is 0 Å². The zero-order valence-corrected chi connectivity index (χ0v) is 25.9. The topological polar surface area (TPSA) is 74.4 Å². The number of fused-ring (bicyclic) bond motifs is 8. The molecular weight excluding hydrogens is 540 g/mol. The van der Waals surface area contributed by atoms with Gasteiger partial charge in [-0.1, -0.05) is 35.4 Å². The molecule has 0 amide bonds. The number of H-pyrrole nitrogens is 2. The van der Waals surface area contributed by atoms with E-state index in [2.05, 4.69) is 106 Å². The molecule has 0 spiro atoms. The lowest BCUT2D eigenvalue weighted by Gasteiger charge is -2.13. The first-order chi connectivity index (χ1) is 21.2. The van der Waals surface area contributed by atoms with Gasteiger partial charge in [-0.2, -0.15) is 0 Å². The van der Waals surface area contributed by atoms with Gasteiger partial charge in [0.25, 0.3) is 0 Å². The van der Waals surface area contributed by atoms with E-state index < -0.39 is 0 Å². The monoisotopic (exact) mass is 574 g/mol. The lowest BCUT2D eigenvalue weighted by molar-refractivity contribution is 0.112. The quantitative estimate of drug-likeness (QED) is 0.206. The summed E-state index contributed by atoms with van der Waals surface area (Å²) >= 11 is 0. The molecule has 5 aromatic rings. The van der Waals surface area contributed by atoms with Crippen LogP contribution in [0.1, 0.15) is 66.5 Å². The Balaban J connectivity index is 1.64. The number of hydrogen-bond acceptors (Lipinski definition) is 3. The molecule has 0 aliphatic carbocycles. The van der Waals surface area contributed by atoms with E-state index in [1.807, 2.05) is 24.3 Å². The van der Waals surface area contributed by atoms with Crippen LogP contribution in [-0.4, -0.2) is 26.2 Å². The van der Waals surface area contributed by atoms with Crippen molar-refractivity contribution < 1.29 is 4.79 Å². The summed E-state index contributed by atoms with van der Waals surface area (Å²) in [6.45, 7) is 12.8. The van der Waals surface area contributed by atoms with Crippen LogP contribution in [0.15, 0.2) is 54.6 Å². The van der Waals surface area contributed by atoms with Gasteiger partial charge in [-0.3, -0.25) is 4.79 Å². The Morgan fingerprint density at radius 2 is 0.886 bits per heavy atom. The molecule has 0 saturated heterocycles. The number of benzene rings is 2. The number of aromatic nitrogens is 4. The van der Waals surface area contributed by atoms with Crippen LogP contribution >= 0.6 is 0 Å². The minimum Gasteiger partial charge on any atom is -0.355 e. The van der Waals surface area contributed by atoms with Crippen LogP contribution in [0.5, 0.6) is 0 Å². The van der Waals surface area contributed by atoms with Crippen LogP contribution in [0.4, 0.5) is 0 Å². The van der Waals surface area contributed by atoms with Crippen molar-refractivity contribution in [3.05, 3.63) is 116 Å². The molecule has 0 saturated carbocycles. The zero-order chi connectivity index (χ0) is 30.7. The summed E-state index contributed by atoms with van der Waals surface area (Å²) in [5, 5.41) is 0. The van der Waals surface area contributed by atoms with Gasteiger partial charge in [-0.05, 0) is 130 Å². The molecule has 3 aromatic heterocycles. The number of nitrogens with zero attached hydrogens (tertiary/aromatic N) is 2. The SMILES string of the molecule is Cc1cc(C)c(-c2c3nc(c(C=O)c4nc(c(-c5c(C)cc(C)cc5C)c5ccc(cc6ccc2[nH]6)[nH]5)C=C4)C=C3)c(C)c1. The van der Waals surface area contributed by atoms with E-state index in [1.54, 1.807) is 0 Å². The molecule has 0 radical (unpaired) electrons. The van der Waals surface area contributed by atoms with E-state index >= 15 is 0 Å². The Morgan fingerprint density at radius 1 is 0.500 bits per heavy atom. The summed E-state index contributed by atoms with van der Waals surface area (Å²) in [4.78, 5) is 30.1. The maximum Gasteiger partial charge on any atom is 0.154 e. The average molecular weight is 575 g/mol. The van der Waals surface area contributed by atoms with E-state index in [-0.39, 0.29) is 0 Å². The highest BCUT2D eigenvalue weighted by molar-refractivity contribution is 5.98. The second-order valence-corrected chi connectivity index (χ2v) is 12.1. The molecule has 5 heteroatoms. The Hall–Kier alpha value is -5.29. The highest BCUT2D eigenvalue weighted by atomic mass is 16.1. The van der Waals surface area contributed by atoms with Crippen molar-refractivity contribution in [1.82, 2.24) is 19.9 Å². The van der Waals surface area contributed by atoms with Crippen LogP contribution in [0.2, 0.25) is 0 Å². The van der Waals surface area contributed by atoms with E-state index in [0.717, 1.165) is 62.0 Å². The van der Waals surface area contributed by atoms with Gasteiger partial charge in [0, 0.05) is 33.2 Å². The maximum atomic E-state index is 12.7. The minimum atomic E-state index is 0.468. The number of nitrogens with one attached hydrogen (secondary N) is 2. The van der Waals surface area contributed by atoms with Gasteiger partial charge in [0.2, 0.25) is 0 Å². The number of carbonyl (C=O) groups is 1. The summed E-state index contributed by atoms with van der Waals surface area (Å²) in [6.07, 6.45) is 8.74. The number of hydrogen-bond donors (Lipinski definition) is 2. The molecular formula is C39H34N4O. The number of aldehydes is 1. The lowest BCUT2D eigenvalue weighted by Crippen LogP contribution is -1.95. The number of aryl methyl sites for hydroxylation is 6. The second-order valence-electron chi connectivity index (χ2n) is 12.1. The molecule has 0 unspecified atom stereocenters. The largest absolute Gasteiger partial charge is 0.355 e. The van der Waals surface area contributed by atoms with Crippen LogP contribution < -0.4 is 0 Å². The third kappa shape index (κ3) is 4.62. The molecule has 0 fully saturated rings. The van der Waals surface area contributed by atoms with Gasteiger partial charge in [0.05, 0.1) is 28.3 Å². The van der Waals surface area contributed by atoms with Gasteiger partial charge in [-0.25, -0.2) is 9.97 Å². The Morgan fingerprint density at radius 3 is 1.27 bits per heavy atom. The first-order valence-electron chi connectivity index (χ1n) is 14.9. The summed E-state index contributed by atoms with van der Waals surface area (Å²) in [5.74, 6) is 0. The predicted molar refractivity (Wildman–Crippen MR) is 184 cm³/mol. The van der Waals surface area contributed by atoms with Crippen molar-refractivity contribution in [3.8, 4) is 22.3 Å². The van der Waals surface area contributed by atoms with Crippen molar-refractivity contribution in [2.24, 2.45) is 0 Å². The molecule has 2 aliphatic heterocycles. The molecule has 44 heavy (non-hydrogen) atoms. The molecule has 7 rings (SSSR count). The van der Waals surface area contributed by atoms with E-state index in [1.165, 1.54) is 33.4 Å². The van der Waals surface area contributed by atoms with Crippen LogP contribution in [0, 0.1) is 41.5 Å². The summed E-state index contributed by atoms with van der Waals surface area (Å²) in [7, 11) is 0. The Labute approximate surface area is 257 Å². The summed E-state index contributed by atoms with van der Waals surface area (Å²) in [6, 6.07) is 19.4. The van der Waals surface area contributed by atoms with Crippen LogP contribution in [0.3, 0.4) is 0 Å². The lowest BCUT2D eigenvalue weighted by atomic mass is 9.92. The Kier molecular flexibility index (Phi) is 6.54. The fourth-order valence-corrected chi connectivity index (χ4v) is 6.96. The fourth-order valence-electron chi connectivity index (χ4n) is 6.96. The molecule has 216 valence electrons. The molecule has 2 aliphatic rings. The molecule has 5 nitrogen and oxygen atoms in total. The molecule has 2 aromatic carbocycles. The molecule has 8 bridgehead atoms. The van der Waals surface area contributed by atoms with Gasteiger partial charge in [0.15, 0.2) is 6.29 Å². The normalized spacial score (nSPS) is 12.2. The van der Waals surface area contributed by atoms with Crippen molar-refractivity contribution >= 4 is 52.7 Å². The molecule has 0 atom stereocenters. The first kappa shape index (κ1) is 27.5. The van der Waals surface area contributed by atoms with E-state index in [4.69, 9.17) is 9.97 Å². The van der Waals surface area contributed by atoms with Crippen LogP contribution in [-0.2, 0) is 0 Å². The molecule has 5 heterocycles. The Bertz CT molecular complexity index is 2060. The molecule has 2 N–H and O–H groups in total. The van der Waals surface area contributed by atoms with Crippen molar-refractivity contribution in [3.63, 3.8) is 0 Å². The fraction of sp³-hybridized carbons (Fsp3) is 0.154. The maximum absolute atomic E-state index is 12.7. The number of rotatable bonds is 3. The van der Waals surface area contributed by atoms with Gasteiger partial charge >= 0.3 is 0 Å². The predicted octanol–water partition coefficient (Wildman–Crippen LogP) is 9.65. The van der Waals surface area contributed by atoms with Crippen molar-refractivity contribution in [2.75, 3.05) is 0 Å².